The van der Waals surface area contributed by atoms with Crippen LogP contribution in [0.3, 0.4) is 0 Å². The molecule has 0 radical (unpaired) electrons. The van der Waals surface area contributed by atoms with Crippen LogP contribution < -0.4 is 20.1 Å². The number of ether oxygens (including phenoxy) is 2. The summed E-state index contributed by atoms with van der Waals surface area (Å²) in [5.74, 6) is 0.929. The topological polar surface area (TPSA) is 76.7 Å². The molecule has 0 spiro atoms. The van der Waals surface area contributed by atoms with E-state index in [1.54, 1.807) is 25.3 Å². The van der Waals surface area contributed by atoms with Crippen molar-refractivity contribution in [3.8, 4) is 11.5 Å². The molecule has 134 valence electrons. The lowest BCUT2D eigenvalue weighted by atomic mass is 10.0. The van der Waals surface area contributed by atoms with Crippen LogP contribution in [-0.4, -0.2) is 45.0 Å². The number of amides is 1. The molecule has 0 saturated carbocycles. The maximum Gasteiger partial charge on any atom is 0.220 e. The maximum absolute atomic E-state index is 12.2. The summed E-state index contributed by atoms with van der Waals surface area (Å²) in [4.78, 5) is 24.2. The molecule has 1 aliphatic heterocycles. The van der Waals surface area contributed by atoms with Crippen LogP contribution in [0, 0.1) is 0 Å². The van der Waals surface area contributed by atoms with Gasteiger partial charge in [-0.05, 0) is 37.6 Å². The molecule has 1 atom stereocenters. The lowest BCUT2D eigenvalue weighted by Gasteiger charge is -2.23. The molecule has 6 nitrogen and oxygen atoms in total. The number of rotatable bonds is 7. The fourth-order valence-electron chi connectivity index (χ4n) is 2.66. The summed E-state index contributed by atoms with van der Waals surface area (Å²) in [6, 6.07) is 5.20. The highest BCUT2D eigenvalue weighted by Crippen LogP contribution is 2.28. The second-order valence-corrected chi connectivity index (χ2v) is 5.60. The van der Waals surface area contributed by atoms with Gasteiger partial charge in [-0.1, -0.05) is 0 Å². The molecule has 1 fully saturated rings. The van der Waals surface area contributed by atoms with Gasteiger partial charge in [0.15, 0.2) is 17.3 Å². The Bertz CT molecular complexity index is 560. The number of benzene rings is 1. The largest absolute Gasteiger partial charge is 0.493 e. The summed E-state index contributed by atoms with van der Waals surface area (Å²) in [7, 11) is 3.07. The van der Waals surface area contributed by atoms with Gasteiger partial charge in [-0.25, -0.2) is 0 Å². The standard InChI is InChI=1S/C17H24N2O4.ClH/c1-22-15-7-5-12(10-16(15)23-2)14(20)6-8-17(21)19-13-4-3-9-18-11-13;/h5,7,10,13,18H,3-4,6,8-9,11H2,1-2H3,(H,19,21);1H/t13-;/m0./s1. The predicted octanol–water partition coefficient (Wildman–Crippen LogP) is 1.96. The molecule has 0 aliphatic carbocycles. The van der Waals surface area contributed by atoms with E-state index in [9.17, 15) is 9.59 Å². The average molecular weight is 357 g/mol. The highest BCUT2D eigenvalue weighted by Gasteiger charge is 2.17. The van der Waals surface area contributed by atoms with Gasteiger partial charge in [-0.15, -0.1) is 12.4 Å². The molecule has 1 saturated heterocycles. The number of ketones is 1. The number of halogens is 1. The smallest absolute Gasteiger partial charge is 0.220 e. The Kier molecular flexibility index (Phi) is 8.57. The molecule has 0 unspecified atom stereocenters. The predicted molar refractivity (Wildman–Crippen MR) is 94.4 cm³/mol. The average Bonchev–Trinajstić information content (AvgIpc) is 2.59. The first-order valence-electron chi connectivity index (χ1n) is 7.89. The van der Waals surface area contributed by atoms with Crippen LogP contribution in [0.2, 0.25) is 0 Å². The summed E-state index contributed by atoms with van der Waals surface area (Å²) in [6.45, 7) is 1.81. The third kappa shape index (κ3) is 5.69. The molecule has 2 rings (SSSR count). The minimum absolute atomic E-state index is 0. The SMILES string of the molecule is COc1ccc(C(=O)CCC(=O)N[C@H]2CCCNC2)cc1OC.Cl. The van der Waals surface area contributed by atoms with Gasteiger partial charge in [-0.3, -0.25) is 9.59 Å². The minimum Gasteiger partial charge on any atom is -0.493 e. The van der Waals surface area contributed by atoms with Crippen molar-refractivity contribution in [3.05, 3.63) is 23.8 Å². The molecular formula is C17H25ClN2O4. The molecule has 0 aromatic heterocycles. The van der Waals surface area contributed by atoms with Gasteiger partial charge >= 0.3 is 0 Å². The Morgan fingerprint density at radius 3 is 2.58 bits per heavy atom. The van der Waals surface area contributed by atoms with Crippen LogP contribution in [0.15, 0.2) is 18.2 Å². The summed E-state index contributed by atoms with van der Waals surface area (Å²) >= 11 is 0. The normalized spacial score (nSPS) is 16.7. The Hall–Kier alpha value is -1.79. The third-order valence-electron chi connectivity index (χ3n) is 3.95. The second-order valence-electron chi connectivity index (χ2n) is 5.60. The van der Waals surface area contributed by atoms with Crippen LogP contribution in [0.1, 0.15) is 36.0 Å². The van der Waals surface area contributed by atoms with Crippen LogP contribution in [0.5, 0.6) is 11.5 Å². The van der Waals surface area contributed by atoms with E-state index in [-0.39, 0.29) is 43.0 Å². The fourth-order valence-corrected chi connectivity index (χ4v) is 2.66. The number of nitrogens with one attached hydrogen (secondary N) is 2. The van der Waals surface area contributed by atoms with E-state index < -0.39 is 0 Å². The van der Waals surface area contributed by atoms with Gasteiger partial charge in [0.05, 0.1) is 14.2 Å². The van der Waals surface area contributed by atoms with Crippen molar-refractivity contribution < 1.29 is 19.1 Å². The molecule has 2 N–H and O–H groups in total. The fraction of sp³-hybridized carbons (Fsp3) is 0.529. The zero-order chi connectivity index (χ0) is 16.7. The third-order valence-corrected chi connectivity index (χ3v) is 3.95. The van der Waals surface area contributed by atoms with Crippen molar-refractivity contribution in [1.29, 1.82) is 0 Å². The molecule has 1 aromatic carbocycles. The number of hydrogen-bond donors (Lipinski definition) is 2. The number of hydrogen-bond acceptors (Lipinski definition) is 5. The zero-order valence-corrected chi connectivity index (χ0v) is 14.9. The summed E-state index contributed by atoms with van der Waals surface area (Å²) in [6.07, 6.45) is 2.43. The molecule has 1 aliphatic rings. The Balaban J connectivity index is 0.00000288. The number of carbonyl (C=O) groups is 2. The molecule has 1 heterocycles. The van der Waals surface area contributed by atoms with Gasteiger partial charge in [-0.2, -0.15) is 0 Å². The van der Waals surface area contributed by atoms with Crippen LogP contribution in [-0.2, 0) is 4.79 Å². The summed E-state index contributed by atoms with van der Waals surface area (Å²) < 4.78 is 10.3. The first-order valence-corrected chi connectivity index (χ1v) is 7.89. The Morgan fingerprint density at radius 1 is 1.21 bits per heavy atom. The van der Waals surface area contributed by atoms with E-state index in [4.69, 9.17) is 9.47 Å². The van der Waals surface area contributed by atoms with Gasteiger partial charge < -0.3 is 20.1 Å². The van der Waals surface area contributed by atoms with E-state index in [1.165, 1.54) is 7.11 Å². The van der Waals surface area contributed by atoms with Gasteiger partial charge in [0.1, 0.15) is 0 Å². The molecule has 0 bridgehead atoms. The Morgan fingerprint density at radius 2 is 1.96 bits per heavy atom. The van der Waals surface area contributed by atoms with Crippen molar-refractivity contribution in [2.45, 2.75) is 31.7 Å². The van der Waals surface area contributed by atoms with Crippen LogP contribution in [0.25, 0.3) is 0 Å². The van der Waals surface area contributed by atoms with Crippen molar-refractivity contribution in [3.63, 3.8) is 0 Å². The first kappa shape index (κ1) is 20.3. The highest BCUT2D eigenvalue weighted by molar-refractivity contribution is 5.98. The van der Waals surface area contributed by atoms with E-state index in [0.717, 1.165) is 25.9 Å². The number of Topliss-reactive ketones (excluding diaryl/α,β-unsaturated/α-hetero) is 1. The van der Waals surface area contributed by atoms with E-state index in [1.807, 2.05) is 0 Å². The van der Waals surface area contributed by atoms with Crippen LogP contribution >= 0.6 is 12.4 Å². The van der Waals surface area contributed by atoms with E-state index >= 15 is 0 Å². The van der Waals surface area contributed by atoms with Crippen molar-refractivity contribution in [1.82, 2.24) is 10.6 Å². The van der Waals surface area contributed by atoms with Gasteiger partial charge in [0.2, 0.25) is 5.91 Å². The molecule has 1 amide bonds. The van der Waals surface area contributed by atoms with Crippen molar-refractivity contribution in [2.24, 2.45) is 0 Å². The van der Waals surface area contributed by atoms with Crippen molar-refractivity contribution in [2.75, 3.05) is 27.3 Å². The number of piperidine rings is 1. The number of methoxy groups -OCH3 is 2. The number of carbonyl (C=O) groups excluding carboxylic acids is 2. The van der Waals surface area contributed by atoms with Gasteiger partial charge in [0, 0.05) is 31.0 Å². The van der Waals surface area contributed by atoms with Gasteiger partial charge in [0.25, 0.3) is 0 Å². The molecule has 1 aromatic rings. The highest BCUT2D eigenvalue weighted by atomic mass is 35.5. The minimum atomic E-state index is -0.0807. The van der Waals surface area contributed by atoms with E-state index in [0.29, 0.717) is 17.1 Å². The molecular weight excluding hydrogens is 332 g/mol. The lowest BCUT2D eigenvalue weighted by molar-refractivity contribution is -0.121. The molecule has 24 heavy (non-hydrogen) atoms. The van der Waals surface area contributed by atoms with Crippen LogP contribution in [0.4, 0.5) is 0 Å². The quantitative estimate of drug-likeness (QED) is 0.730. The summed E-state index contributed by atoms with van der Waals surface area (Å²) in [5.41, 5.74) is 0.523. The second kappa shape index (κ2) is 10.2. The monoisotopic (exact) mass is 356 g/mol. The Labute approximate surface area is 148 Å². The van der Waals surface area contributed by atoms with E-state index in [2.05, 4.69) is 10.6 Å². The molecule has 7 heteroatoms. The first-order chi connectivity index (χ1) is 11.1. The maximum atomic E-state index is 12.2. The zero-order valence-electron chi connectivity index (χ0n) is 14.1. The summed E-state index contributed by atoms with van der Waals surface area (Å²) in [5, 5.41) is 6.22. The van der Waals surface area contributed by atoms with Crippen molar-refractivity contribution >= 4 is 24.1 Å². The lowest BCUT2D eigenvalue weighted by Crippen LogP contribution is -2.45.